The maximum atomic E-state index is 13.5. The quantitative estimate of drug-likeness (QED) is 0.623. The van der Waals surface area contributed by atoms with Crippen LogP contribution >= 0.6 is 0 Å². The molecule has 1 unspecified atom stereocenters. The lowest BCUT2D eigenvalue weighted by molar-refractivity contribution is -0.122. The van der Waals surface area contributed by atoms with E-state index in [0.29, 0.717) is 44.2 Å². The van der Waals surface area contributed by atoms with Gasteiger partial charge in [0.05, 0.1) is 12.0 Å². The van der Waals surface area contributed by atoms with Crippen LogP contribution in [0, 0.1) is 0 Å². The molecule has 1 fully saturated rings. The van der Waals surface area contributed by atoms with Crippen molar-refractivity contribution in [3.05, 3.63) is 66.4 Å². The Hall–Kier alpha value is -3.59. The molecular formula is C22H22N6O3. The van der Waals surface area contributed by atoms with Crippen LogP contribution in [0.4, 0.5) is 5.69 Å². The molecule has 0 aliphatic carbocycles. The van der Waals surface area contributed by atoms with Gasteiger partial charge in [-0.3, -0.25) is 14.2 Å². The zero-order valence-electron chi connectivity index (χ0n) is 17.1. The lowest BCUT2D eigenvalue weighted by Gasteiger charge is -2.24. The molecule has 1 atom stereocenters. The van der Waals surface area contributed by atoms with Crippen molar-refractivity contribution in [1.29, 1.82) is 0 Å². The van der Waals surface area contributed by atoms with Crippen LogP contribution in [0.1, 0.15) is 22.5 Å². The molecule has 0 radical (unpaired) electrons. The minimum absolute atomic E-state index is 0.0345. The Labute approximate surface area is 179 Å². The first-order valence-corrected chi connectivity index (χ1v) is 10.2. The molecule has 1 aromatic carbocycles. The van der Waals surface area contributed by atoms with Gasteiger partial charge in [0, 0.05) is 32.4 Å². The summed E-state index contributed by atoms with van der Waals surface area (Å²) >= 11 is 0. The second-order valence-corrected chi connectivity index (χ2v) is 7.78. The van der Waals surface area contributed by atoms with E-state index in [4.69, 9.17) is 4.74 Å². The second-order valence-electron chi connectivity index (χ2n) is 7.78. The number of aromatic nitrogens is 4. The van der Waals surface area contributed by atoms with Crippen LogP contribution in [-0.2, 0) is 14.9 Å². The molecule has 9 heteroatoms. The fraction of sp³-hybridized carbons (Fsp3) is 0.318. The number of carbonyl (C=O) groups excluding carboxylic acids is 2. The van der Waals surface area contributed by atoms with E-state index >= 15 is 0 Å². The first kappa shape index (κ1) is 19.4. The number of rotatable bonds is 5. The minimum Gasteiger partial charge on any atom is -0.383 e. The van der Waals surface area contributed by atoms with Gasteiger partial charge in [0.2, 0.25) is 5.91 Å². The molecule has 4 heterocycles. The van der Waals surface area contributed by atoms with Crippen LogP contribution in [0.5, 0.6) is 0 Å². The highest BCUT2D eigenvalue weighted by Crippen LogP contribution is 2.47. The first-order chi connectivity index (χ1) is 15.1. The van der Waals surface area contributed by atoms with Crippen molar-refractivity contribution in [3.8, 4) is 5.82 Å². The standard InChI is InChI=1S/C22H22N6O3/c1-31-12-11-28-18-7-3-2-5-16(18)22(21(28)30)9-10-26(13-22)20(29)17-6-4-8-19(25-17)27-14-23-24-15-27/h2-8,14-15H,9-13H2,1H3. The van der Waals surface area contributed by atoms with Crippen LogP contribution in [0.3, 0.4) is 0 Å². The van der Waals surface area contributed by atoms with Gasteiger partial charge in [-0.05, 0) is 30.2 Å². The van der Waals surface area contributed by atoms with E-state index in [9.17, 15) is 9.59 Å². The van der Waals surface area contributed by atoms with E-state index in [1.165, 1.54) is 12.7 Å². The van der Waals surface area contributed by atoms with Crippen molar-refractivity contribution in [2.24, 2.45) is 0 Å². The van der Waals surface area contributed by atoms with E-state index in [1.54, 1.807) is 39.7 Å². The van der Waals surface area contributed by atoms with Gasteiger partial charge in [0.25, 0.3) is 5.91 Å². The number of likely N-dealkylation sites (tertiary alicyclic amines) is 1. The number of benzene rings is 1. The van der Waals surface area contributed by atoms with E-state index in [-0.39, 0.29) is 11.8 Å². The van der Waals surface area contributed by atoms with Crippen LogP contribution in [0.25, 0.3) is 5.82 Å². The summed E-state index contributed by atoms with van der Waals surface area (Å²) in [7, 11) is 1.62. The summed E-state index contributed by atoms with van der Waals surface area (Å²) in [6, 6.07) is 13.1. The summed E-state index contributed by atoms with van der Waals surface area (Å²) in [6.07, 6.45) is 3.65. The molecular weight excluding hydrogens is 396 g/mol. The second kappa shape index (κ2) is 7.59. The number of methoxy groups -OCH3 is 1. The monoisotopic (exact) mass is 418 g/mol. The van der Waals surface area contributed by atoms with Crippen LogP contribution < -0.4 is 4.90 Å². The molecule has 2 aliphatic heterocycles. The van der Waals surface area contributed by atoms with E-state index in [2.05, 4.69) is 15.2 Å². The molecule has 3 aromatic rings. The maximum absolute atomic E-state index is 13.5. The molecule has 31 heavy (non-hydrogen) atoms. The molecule has 158 valence electrons. The SMILES string of the molecule is COCCN1C(=O)C2(CCN(C(=O)c3cccc(-n4cnnc4)n3)C2)c2ccccc21. The number of carbonyl (C=O) groups is 2. The summed E-state index contributed by atoms with van der Waals surface area (Å²) in [5, 5.41) is 7.57. The lowest BCUT2D eigenvalue weighted by Crippen LogP contribution is -2.44. The van der Waals surface area contributed by atoms with Crippen molar-refractivity contribution in [2.75, 3.05) is 38.3 Å². The number of ether oxygens (including phenoxy) is 1. The van der Waals surface area contributed by atoms with E-state index in [1.807, 2.05) is 24.3 Å². The molecule has 0 N–H and O–H groups in total. The summed E-state index contributed by atoms with van der Waals surface area (Å²) in [4.78, 5) is 34.8. The molecule has 2 aromatic heterocycles. The van der Waals surface area contributed by atoms with Gasteiger partial charge in [-0.25, -0.2) is 4.98 Å². The average Bonchev–Trinajstić information content (AvgIpc) is 3.54. The fourth-order valence-electron chi connectivity index (χ4n) is 4.55. The Bertz CT molecular complexity index is 1130. The van der Waals surface area contributed by atoms with E-state index in [0.717, 1.165) is 11.3 Å². The smallest absolute Gasteiger partial charge is 0.272 e. The maximum Gasteiger partial charge on any atom is 0.272 e. The highest BCUT2D eigenvalue weighted by Gasteiger charge is 2.55. The third-order valence-electron chi connectivity index (χ3n) is 6.08. The van der Waals surface area contributed by atoms with Crippen LogP contribution in [0.15, 0.2) is 55.1 Å². The average molecular weight is 418 g/mol. The predicted octanol–water partition coefficient (Wildman–Crippen LogP) is 1.44. The van der Waals surface area contributed by atoms with Crippen LogP contribution in [-0.4, -0.2) is 69.8 Å². The number of hydrogen-bond donors (Lipinski definition) is 0. The van der Waals surface area contributed by atoms with Crippen molar-refractivity contribution in [3.63, 3.8) is 0 Å². The third kappa shape index (κ3) is 3.09. The molecule has 2 aliphatic rings. The number of para-hydroxylation sites is 1. The first-order valence-electron chi connectivity index (χ1n) is 10.2. The summed E-state index contributed by atoms with van der Waals surface area (Å²) in [5.74, 6) is 0.414. The van der Waals surface area contributed by atoms with Crippen molar-refractivity contribution in [1.82, 2.24) is 24.6 Å². The number of nitrogens with zero attached hydrogens (tertiary/aromatic N) is 6. The van der Waals surface area contributed by atoms with Gasteiger partial charge in [-0.1, -0.05) is 24.3 Å². The molecule has 1 spiro atoms. The lowest BCUT2D eigenvalue weighted by atomic mass is 9.81. The predicted molar refractivity (Wildman–Crippen MR) is 112 cm³/mol. The van der Waals surface area contributed by atoms with Crippen molar-refractivity contribution >= 4 is 17.5 Å². The molecule has 5 rings (SSSR count). The zero-order chi connectivity index (χ0) is 21.4. The minimum atomic E-state index is -0.716. The molecule has 0 bridgehead atoms. The molecule has 0 saturated carbocycles. The molecule has 9 nitrogen and oxygen atoms in total. The van der Waals surface area contributed by atoms with Gasteiger partial charge in [0.15, 0.2) is 0 Å². The van der Waals surface area contributed by atoms with Crippen LogP contribution in [0.2, 0.25) is 0 Å². The highest BCUT2D eigenvalue weighted by molar-refractivity contribution is 6.09. The fourth-order valence-corrected chi connectivity index (χ4v) is 4.55. The Balaban J connectivity index is 1.43. The molecule has 1 saturated heterocycles. The Morgan fingerprint density at radius 2 is 1.94 bits per heavy atom. The normalized spacial score (nSPS) is 20.0. The number of anilines is 1. The number of fused-ring (bicyclic) bond motifs is 2. The van der Waals surface area contributed by atoms with Gasteiger partial charge < -0.3 is 14.5 Å². The topological polar surface area (TPSA) is 93.5 Å². The Morgan fingerprint density at radius 1 is 1.13 bits per heavy atom. The van der Waals surface area contributed by atoms with Gasteiger partial charge in [-0.15, -0.1) is 10.2 Å². The van der Waals surface area contributed by atoms with Crippen molar-refractivity contribution < 1.29 is 14.3 Å². The molecule has 2 amide bonds. The summed E-state index contributed by atoms with van der Waals surface area (Å²) in [6.45, 7) is 1.78. The summed E-state index contributed by atoms with van der Waals surface area (Å²) < 4.78 is 6.85. The van der Waals surface area contributed by atoms with Gasteiger partial charge >= 0.3 is 0 Å². The van der Waals surface area contributed by atoms with Gasteiger partial charge in [-0.2, -0.15) is 0 Å². The number of pyridine rings is 1. The largest absolute Gasteiger partial charge is 0.383 e. The van der Waals surface area contributed by atoms with E-state index < -0.39 is 5.41 Å². The third-order valence-corrected chi connectivity index (χ3v) is 6.08. The van der Waals surface area contributed by atoms with Crippen molar-refractivity contribution in [2.45, 2.75) is 11.8 Å². The number of hydrogen-bond acceptors (Lipinski definition) is 6. The Morgan fingerprint density at radius 3 is 2.74 bits per heavy atom. The number of amides is 2. The summed E-state index contributed by atoms with van der Waals surface area (Å²) in [5.41, 5.74) is 1.51. The zero-order valence-corrected chi connectivity index (χ0v) is 17.1. The highest BCUT2D eigenvalue weighted by atomic mass is 16.5. The van der Waals surface area contributed by atoms with Gasteiger partial charge in [0.1, 0.15) is 24.2 Å². The Kier molecular flexibility index (Phi) is 4.74.